The SMILES string of the molecule is Cc1onc(-c2ccccc2Cl)c1C(=O)Nc1nc2ccccc2[nH]1. The van der Waals surface area contributed by atoms with Crippen LogP contribution in [0.25, 0.3) is 22.3 Å². The van der Waals surface area contributed by atoms with Crippen molar-refractivity contribution in [1.29, 1.82) is 0 Å². The zero-order valence-corrected chi connectivity index (χ0v) is 14.0. The zero-order chi connectivity index (χ0) is 17.4. The van der Waals surface area contributed by atoms with Crippen LogP contribution in [-0.2, 0) is 0 Å². The minimum Gasteiger partial charge on any atom is -0.360 e. The Bertz CT molecular complexity index is 1050. The molecule has 0 aliphatic rings. The number of nitrogens with zero attached hydrogens (tertiary/aromatic N) is 2. The van der Waals surface area contributed by atoms with E-state index in [1.54, 1.807) is 19.1 Å². The zero-order valence-electron chi connectivity index (χ0n) is 13.2. The number of anilines is 1. The van der Waals surface area contributed by atoms with Gasteiger partial charge in [0, 0.05) is 5.56 Å². The largest absolute Gasteiger partial charge is 0.360 e. The highest BCUT2D eigenvalue weighted by Crippen LogP contribution is 2.31. The molecular weight excluding hydrogens is 340 g/mol. The molecule has 124 valence electrons. The molecule has 4 aromatic rings. The fraction of sp³-hybridized carbons (Fsp3) is 0.0556. The van der Waals surface area contributed by atoms with Gasteiger partial charge in [-0.2, -0.15) is 0 Å². The van der Waals surface area contributed by atoms with E-state index in [1.807, 2.05) is 36.4 Å². The Hall–Kier alpha value is -3.12. The second-order valence-electron chi connectivity index (χ2n) is 5.50. The van der Waals surface area contributed by atoms with Gasteiger partial charge in [-0.3, -0.25) is 10.1 Å². The van der Waals surface area contributed by atoms with Crippen LogP contribution in [0.15, 0.2) is 53.1 Å². The molecular formula is C18H13ClN4O2. The summed E-state index contributed by atoms with van der Waals surface area (Å²) in [4.78, 5) is 20.2. The van der Waals surface area contributed by atoms with Crippen molar-refractivity contribution in [1.82, 2.24) is 15.1 Å². The average Bonchev–Trinajstić information content (AvgIpc) is 3.18. The molecule has 0 fully saturated rings. The summed E-state index contributed by atoms with van der Waals surface area (Å²) in [5.74, 6) is 0.396. The summed E-state index contributed by atoms with van der Waals surface area (Å²) >= 11 is 6.23. The van der Waals surface area contributed by atoms with Gasteiger partial charge in [0.25, 0.3) is 5.91 Å². The lowest BCUT2D eigenvalue weighted by Gasteiger charge is -2.04. The molecule has 2 aromatic heterocycles. The lowest BCUT2D eigenvalue weighted by atomic mass is 10.1. The van der Waals surface area contributed by atoms with Crippen LogP contribution < -0.4 is 5.32 Å². The quantitative estimate of drug-likeness (QED) is 0.571. The lowest BCUT2D eigenvalue weighted by molar-refractivity contribution is 0.102. The van der Waals surface area contributed by atoms with Gasteiger partial charge in [-0.15, -0.1) is 0 Å². The Morgan fingerprint density at radius 3 is 2.72 bits per heavy atom. The summed E-state index contributed by atoms with van der Waals surface area (Å²) in [5.41, 5.74) is 2.97. The number of nitrogens with one attached hydrogen (secondary N) is 2. The van der Waals surface area contributed by atoms with Crippen LogP contribution in [-0.4, -0.2) is 21.0 Å². The van der Waals surface area contributed by atoms with Gasteiger partial charge in [-0.25, -0.2) is 4.98 Å². The molecule has 2 aromatic carbocycles. The molecule has 0 unspecified atom stereocenters. The number of aromatic amines is 1. The fourth-order valence-electron chi connectivity index (χ4n) is 2.66. The van der Waals surface area contributed by atoms with E-state index in [4.69, 9.17) is 16.1 Å². The minimum absolute atomic E-state index is 0.327. The van der Waals surface area contributed by atoms with E-state index >= 15 is 0 Å². The summed E-state index contributed by atoms with van der Waals surface area (Å²) in [6, 6.07) is 14.7. The first kappa shape index (κ1) is 15.4. The maximum absolute atomic E-state index is 12.8. The van der Waals surface area contributed by atoms with E-state index in [0.717, 1.165) is 11.0 Å². The highest BCUT2D eigenvalue weighted by atomic mass is 35.5. The van der Waals surface area contributed by atoms with Crippen molar-refractivity contribution in [3.63, 3.8) is 0 Å². The summed E-state index contributed by atoms with van der Waals surface area (Å²) in [6.45, 7) is 1.68. The van der Waals surface area contributed by atoms with Crippen LogP contribution in [0, 0.1) is 6.92 Å². The van der Waals surface area contributed by atoms with Gasteiger partial charge in [-0.05, 0) is 25.1 Å². The van der Waals surface area contributed by atoms with Crippen LogP contribution in [0.1, 0.15) is 16.1 Å². The predicted octanol–water partition coefficient (Wildman–Crippen LogP) is 4.43. The Morgan fingerprint density at radius 2 is 1.92 bits per heavy atom. The smallest absolute Gasteiger partial charge is 0.263 e. The van der Waals surface area contributed by atoms with Gasteiger partial charge in [0.2, 0.25) is 5.95 Å². The van der Waals surface area contributed by atoms with Gasteiger partial charge < -0.3 is 9.51 Å². The molecule has 0 saturated carbocycles. The van der Waals surface area contributed by atoms with Gasteiger partial charge in [0.15, 0.2) is 0 Å². The minimum atomic E-state index is -0.368. The number of carbonyl (C=O) groups is 1. The van der Waals surface area contributed by atoms with Crippen molar-refractivity contribution in [2.45, 2.75) is 6.92 Å². The first-order valence-electron chi connectivity index (χ1n) is 7.61. The molecule has 7 heteroatoms. The number of carbonyl (C=O) groups excluding carboxylic acids is 1. The molecule has 0 bridgehead atoms. The first-order chi connectivity index (χ1) is 12.1. The molecule has 2 heterocycles. The lowest BCUT2D eigenvalue weighted by Crippen LogP contribution is -2.14. The topological polar surface area (TPSA) is 83.8 Å². The molecule has 0 spiro atoms. The number of rotatable bonds is 3. The molecule has 6 nitrogen and oxygen atoms in total. The predicted molar refractivity (Wildman–Crippen MR) is 95.7 cm³/mol. The molecule has 0 aliphatic carbocycles. The number of aromatic nitrogens is 3. The third-order valence-corrected chi connectivity index (χ3v) is 4.17. The van der Waals surface area contributed by atoms with Crippen molar-refractivity contribution in [3.8, 4) is 11.3 Å². The fourth-order valence-corrected chi connectivity index (χ4v) is 2.88. The van der Waals surface area contributed by atoms with E-state index in [-0.39, 0.29) is 5.91 Å². The maximum Gasteiger partial charge on any atom is 0.263 e. The highest BCUT2D eigenvalue weighted by molar-refractivity contribution is 6.33. The number of fused-ring (bicyclic) bond motifs is 1. The number of aryl methyl sites for hydroxylation is 1. The third-order valence-electron chi connectivity index (χ3n) is 3.84. The number of amides is 1. The van der Waals surface area contributed by atoms with Crippen molar-refractivity contribution < 1.29 is 9.32 Å². The van der Waals surface area contributed by atoms with Gasteiger partial charge >= 0.3 is 0 Å². The van der Waals surface area contributed by atoms with E-state index in [0.29, 0.717) is 33.6 Å². The Balaban J connectivity index is 1.71. The van der Waals surface area contributed by atoms with E-state index in [1.165, 1.54) is 0 Å². The number of imidazole rings is 1. The third kappa shape index (κ3) is 2.77. The maximum atomic E-state index is 12.8. The highest BCUT2D eigenvalue weighted by Gasteiger charge is 2.23. The molecule has 4 rings (SSSR count). The summed E-state index contributed by atoms with van der Waals surface area (Å²) in [7, 11) is 0. The number of H-pyrrole nitrogens is 1. The van der Waals surface area contributed by atoms with E-state index in [9.17, 15) is 4.79 Å². The number of hydrogen-bond donors (Lipinski definition) is 2. The second kappa shape index (κ2) is 6.07. The van der Waals surface area contributed by atoms with Crippen LogP contribution in [0.4, 0.5) is 5.95 Å². The van der Waals surface area contributed by atoms with Crippen LogP contribution >= 0.6 is 11.6 Å². The van der Waals surface area contributed by atoms with Crippen molar-refractivity contribution in [2.24, 2.45) is 0 Å². The molecule has 0 saturated heterocycles. The Kier molecular flexibility index (Phi) is 3.74. The van der Waals surface area contributed by atoms with Crippen molar-refractivity contribution in [2.75, 3.05) is 5.32 Å². The Labute approximate surface area is 147 Å². The van der Waals surface area contributed by atoms with Crippen LogP contribution in [0.5, 0.6) is 0 Å². The average molecular weight is 353 g/mol. The number of benzene rings is 2. The monoisotopic (exact) mass is 352 g/mol. The summed E-state index contributed by atoms with van der Waals surface area (Å²) in [5, 5.41) is 7.25. The molecule has 25 heavy (non-hydrogen) atoms. The van der Waals surface area contributed by atoms with Crippen LogP contribution in [0.3, 0.4) is 0 Å². The van der Waals surface area contributed by atoms with E-state index < -0.39 is 0 Å². The molecule has 0 aliphatic heterocycles. The molecule has 0 atom stereocenters. The van der Waals surface area contributed by atoms with Crippen LogP contribution in [0.2, 0.25) is 5.02 Å². The number of halogens is 1. The van der Waals surface area contributed by atoms with Gasteiger partial charge in [0.05, 0.1) is 16.1 Å². The normalized spacial score (nSPS) is 11.0. The molecule has 2 N–H and O–H groups in total. The number of hydrogen-bond acceptors (Lipinski definition) is 4. The summed E-state index contributed by atoms with van der Waals surface area (Å²) in [6.07, 6.45) is 0. The first-order valence-corrected chi connectivity index (χ1v) is 7.98. The standard InChI is InChI=1S/C18H13ClN4O2/c1-10-15(16(23-25-10)11-6-2-3-7-12(11)19)17(24)22-18-20-13-8-4-5-9-14(13)21-18/h2-9H,1H3,(H2,20,21,22,24). The number of para-hydroxylation sites is 2. The van der Waals surface area contributed by atoms with Crippen molar-refractivity contribution in [3.05, 3.63) is 64.9 Å². The summed E-state index contributed by atoms with van der Waals surface area (Å²) < 4.78 is 5.22. The van der Waals surface area contributed by atoms with Crippen molar-refractivity contribution >= 4 is 34.5 Å². The Morgan fingerprint density at radius 1 is 1.16 bits per heavy atom. The van der Waals surface area contributed by atoms with Gasteiger partial charge in [0.1, 0.15) is 17.0 Å². The van der Waals surface area contributed by atoms with E-state index in [2.05, 4.69) is 20.4 Å². The second-order valence-corrected chi connectivity index (χ2v) is 5.91. The molecule has 1 amide bonds. The molecule has 0 radical (unpaired) electrons. The van der Waals surface area contributed by atoms with Gasteiger partial charge in [-0.1, -0.05) is 47.1 Å².